The molecule has 2 rings (SSSR count). The van der Waals surface area contributed by atoms with E-state index in [-0.39, 0.29) is 11.5 Å². The van der Waals surface area contributed by atoms with Crippen molar-refractivity contribution in [1.29, 1.82) is 0 Å². The third-order valence-electron chi connectivity index (χ3n) is 2.81. The van der Waals surface area contributed by atoms with Crippen LogP contribution < -0.4 is 4.72 Å². The van der Waals surface area contributed by atoms with E-state index in [2.05, 4.69) is 4.72 Å². The molecule has 0 saturated heterocycles. The SMILES string of the molecule is Cc1ccc(S(=O)(=O)Nc2ccc(Cl)cc2CO)cc1. The number of halogens is 1. The summed E-state index contributed by atoms with van der Waals surface area (Å²) in [6.07, 6.45) is 0. The van der Waals surface area contributed by atoms with E-state index < -0.39 is 10.0 Å². The zero-order valence-corrected chi connectivity index (χ0v) is 12.4. The summed E-state index contributed by atoms with van der Waals surface area (Å²) in [5.41, 5.74) is 1.72. The van der Waals surface area contributed by atoms with E-state index >= 15 is 0 Å². The Morgan fingerprint density at radius 3 is 2.40 bits per heavy atom. The molecule has 20 heavy (non-hydrogen) atoms. The average molecular weight is 312 g/mol. The molecule has 0 aliphatic carbocycles. The van der Waals surface area contributed by atoms with E-state index in [4.69, 9.17) is 11.6 Å². The molecule has 6 heteroatoms. The van der Waals surface area contributed by atoms with Gasteiger partial charge in [0.05, 0.1) is 17.2 Å². The van der Waals surface area contributed by atoms with Gasteiger partial charge in [-0.05, 0) is 37.3 Å². The van der Waals surface area contributed by atoms with Gasteiger partial charge < -0.3 is 5.11 Å². The Kier molecular flexibility index (Phi) is 4.32. The van der Waals surface area contributed by atoms with Crippen LogP contribution in [0.3, 0.4) is 0 Å². The van der Waals surface area contributed by atoms with Crippen molar-refractivity contribution in [2.75, 3.05) is 4.72 Å². The van der Waals surface area contributed by atoms with E-state index in [1.165, 1.54) is 24.3 Å². The Balaban J connectivity index is 2.35. The minimum Gasteiger partial charge on any atom is -0.392 e. The second-order valence-corrected chi connectivity index (χ2v) is 6.50. The van der Waals surface area contributed by atoms with Gasteiger partial charge in [0.25, 0.3) is 10.0 Å². The summed E-state index contributed by atoms with van der Waals surface area (Å²) in [6, 6.07) is 11.1. The van der Waals surface area contributed by atoms with E-state index in [1.807, 2.05) is 6.92 Å². The standard InChI is InChI=1S/C14H14ClNO3S/c1-10-2-5-13(6-3-10)20(18,19)16-14-7-4-12(15)8-11(14)9-17/h2-8,16-17H,9H2,1H3. The molecule has 2 aromatic rings. The van der Waals surface area contributed by atoms with Crippen molar-refractivity contribution in [3.8, 4) is 0 Å². The number of aryl methyl sites for hydroxylation is 1. The number of benzene rings is 2. The number of aliphatic hydroxyl groups is 1. The van der Waals surface area contributed by atoms with E-state index in [0.717, 1.165) is 5.56 Å². The third-order valence-corrected chi connectivity index (χ3v) is 4.43. The molecule has 4 nitrogen and oxygen atoms in total. The highest BCUT2D eigenvalue weighted by Gasteiger charge is 2.15. The van der Waals surface area contributed by atoms with Crippen LogP contribution >= 0.6 is 11.6 Å². The van der Waals surface area contributed by atoms with Crippen molar-refractivity contribution in [3.63, 3.8) is 0 Å². The predicted octanol–water partition coefficient (Wildman–Crippen LogP) is 2.94. The fourth-order valence-corrected chi connectivity index (χ4v) is 3.01. The predicted molar refractivity (Wildman–Crippen MR) is 79.4 cm³/mol. The Morgan fingerprint density at radius 1 is 1.15 bits per heavy atom. The van der Waals surface area contributed by atoms with Gasteiger partial charge in [0.1, 0.15) is 0 Å². The number of hydrogen-bond acceptors (Lipinski definition) is 3. The lowest BCUT2D eigenvalue weighted by molar-refractivity contribution is 0.282. The van der Waals surface area contributed by atoms with Crippen molar-refractivity contribution in [2.45, 2.75) is 18.4 Å². The van der Waals surface area contributed by atoms with Crippen LogP contribution in [0.1, 0.15) is 11.1 Å². The lowest BCUT2D eigenvalue weighted by atomic mass is 10.2. The zero-order valence-electron chi connectivity index (χ0n) is 10.8. The molecule has 0 radical (unpaired) electrons. The summed E-state index contributed by atoms with van der Waals surface area (Å²) < 4.78 is 26.9. The van der Waals surface area contributed by atoms with Gasteiger partial charge in [-0.3, -0.25) is 4.72 Å². The molecule has 106 valence electrons. The van der Waals surface area contributed by atoms with Gasteiger partial charge in [-0.25, -0.2) is 8.42 Å². The first kappa shape index (κ1) is 14.8. The highest BCUT2D eigenvalue weighted by atomic mass is 35.5. The first-order chi connectivity index (χ1) is 9.42. The van der Waals surface area contributed by atoms with Crippen LogP contribution in [0.15, 0.2) is 47.4 Å². The number of rotatable bonds is 4. The molecule has 0 fully saturated rings. The summed E-state index contributed by atoms with van der Waals surface area (Å²) in [5, 5.41) is 9.69. The highest BCUT2D eigenvalue weighted by molar-refractivity contribution is 7.92. The monoisotopic (exact) mass is 311 g/mol. The molecular weight excluding hydrogens is 298 g/mol. The molecule has 0 atom stereocenters. The molecule has 0 aromatic heterocycles. The Bertz CT molecular complexity index is 712. The third kappa shape index (κ3) is 3.30. The molecule has 0 heterocycles. The van der Waals surface area contributed by atoms with E-state index in [9.17, 15) is 13.5 Å². The average Bonchev–Trinajstić information content (AvgIpc) is 2.41. The summed E-state index contributed by atoms with van der Waals surface area (Å²) in [6.45, 7) is 1.58. The van der Waals surface area contributed by atoms with Crippen LogP contribution in [0.5, 0.6) is 0 Å². The van der Waals surface area contributed by atoms with Gasteiger partial charge in [-0.1, -0.05) is 29.3 Å². The van der Waals surface area contributed by atoms with Crippen molar-refractivity contribution in [3.05, 3.63) is 58.6 Å². The Hall–Kier alpha value is -1.56. The molecule has 0 amide bonds. The molecule has 2 N–H and O–H groups in total. The fraction of sp³-hybridized carbons (Fsp3) is 0.143. The van der Waals surface area contributed by atoms with E-state index in [0.29, 0.717) is 16.3 Å². The highest BCUT2D eigenvalue weighted by Crippen LogP contribution is 2.23. The molecule has 0 aliphatic rings. The number of aliphatic hydroxyl groups excluding tert-OH is 1. The van der Waals surface area contributed by atoms with Crippen LogP contribution in [0.4, 0.5) is 5.69 Å². The van der Waals surface area contributed by atoms with Crippen molar-refractivity contribution >= 4 is 27.3 Å². The maximum atomic E-state index is 12.2. The van der Waals surface area contributed by atoms with Crippen LogP contribution in [0.2, 0.25) is 5.02 Å². The summed E-state index contributed by atoms with van der Waals surface area (Å²) in [5.74, 6) is 0. The zero-order chi connectivity index (χ0) is 14.8. The maximum Gasteiger partial charge on any atom is 0.261 e. The number of hydrogen-bond donors (Lipinski definition) is 2. The van der Waals surface area contributed by atoms with Crippen LogP contribution in [0.25, 0.3) is 0 Å². The van der Waals surface area contributed by atoms with Gasteiger partial charge in [0.15, 0.2) is 0 Å². The minimum atomic E-state index is -3.68. The molecular formula is C14H14ClNO3S. The molecule has 0 spiro atoms. The largest absolute Gasteiger partial charge is 0.392 e. The molecule has 0 unspecified atom stereocenters. The second kappa shape index (κ2) is 5.83. The van der Waals surface area contributed by atoms with Gasteiger partial charge >= 0.3 is 0 Å². The number of nitrogens with one attached hydrogen (secondary N) is 1. The molecule has 0 aliphatic heterocycles. The Labute approximate surface area is 123 Å². The van der Waals surface area contributed by atoms with Crippen LogP contribution in [0, 0.1) is 6.92 Å². The number of anilines is 1. The van der Waals surface area contributed by atoms with Crippen molar-refractivity contribution in [1.82, 2.24) is 0 Å². The van der Waals surface area contributed by atoms with Crippen molar-refractivity contribution in [2.24, 2.45) is 0 Å². The molecule has 0 bridgehead atoms. The first-order valence-electron chi connectivity index (χ1n) is 5.91. The van der Waals surface area contributed by atoms with Gasteiger partial charge in [-0.2, -0.15) is 0 Å². The first-order valence-corrected chi connectivity index (χ1v) is 7.77. The van der Waals surface area contributed by atoms with E-state index in [1.54, 1.807) is 18.2 Å². The topological polar surface area (TPSA) is 66.4 Å². The summed E-state index contributed by atoms with van der Waals surface area (Å²) in [4.78, 5) is 0.168. The lowest BCUT2D eigenvalue weighted by Crippen LogP contribution is -2.14. The lowest BCUT2D eigenvalue weighted by Gasteiger charge is -2.12. The summed E-state index contributed by atoms with van der Waals surface area (Å²) in [7, 11) is -3.68. The molecule has 2 aromatic carbocycles. The normalized spacial score (nSPS) is 11.3. The fourth-order valence-electron chi connectivity index (χ4n) is 1.71. The van der Waals surface area contributed by atoms with Gasteiger partial charge in [0.2, 0.25) is 0 Å². The Morgan fingerprint density at radius 2 is 1.80 bits per heavy atom. The smallest absolute Gasteiger partial charge is 0.261 e. The van der Waals surface area contributed by atoms with Crippen LogP contribution in [-0.2, 0) is 16.6 Å². The number of sulfonamides is 1. The molecule has 0 saturated carbocycles. The summed E-state index contributed by atoms with van der Waals surface area (Å²) >= 11 is 5.81. The maximum absolute atomic E-state index is 12.2. The minimum absolute atomic E-state index is 0.168. The second-order valence-electron chi connectivity index (χ2n) is 4.38. The quantitative estimate of drug-likeness (QED) is 0.912. The van der Waals surface area contributed by atoms with Crippen molar-refractivity contribution < 1.29 is 13.5 Å². The van der Waals surface area contributed by atoms with Gasteiger partial charge in [0, 0.05) is 10.6 Å². The van der Waals surface area contributed by atoms with Crippen LogP contribution in [-0.4, -0.2) is 13.5 Å². The van der Waals surface area contributed by atoms with Gasteiger partial charge in [-0.15, -0.1) is 0 Å².